The molecule has 4 rings (SSSR count). The first-order chi connectivity index (χ1) is 16.9. The van der Waals surface area contributed by atoms with Crippen LogP contribution >= 0.6 is 11.6 Å². The van der Waals surface area contributed by atoms with Crippen LogP contribution in [0.3, 0.4) is 0 Å². The molecule has 1 aliphatic rings. The third kappa shape index (κ3) is 5.07. The van der Waals surface area contributed by atoms with E-state index in [9.17, 15) is 31.1 Å². The van der Waals surface area contributed by atoms with Gasteiger partial charge in [-0.1, -0.05) is 35.9 Å². The molecule has 3 aromatic carbocycles. The highest BCUT2D eigenvalue weighted by atomic mass is 35.5. The van der Waals surface area contributed by atoms with Crippen molar-refractivity contribution in [2.24, 2.45) is 0 Å². The van der Waals surface area contributed by atoms with E-state index in [1.165, 1.54) is 30.3 Å². The van der Waals surface area contributed by atoms with Crippen LogP contribution in [-0.2, 0) is 16.2 Å². The molecule has 0 saturated carbocycles. The summed E-state index contributed by atoms with van der Waals surface area (Å²) >= 11 is 6.14. The molecule has 190 valence electrons. The predicted octanol–water partition coefficient (Wildman–Crippen LogP) is 6.01. The van der Waals surface area contributed by atoms with Gasteiger partial charge >= 0.3 is 6.18 Å². The minimum Gasteiger partial charge on any atom is -0.484 e. The number of aliphatic hydroxyl groups is 1. The van der Waals surface area contributed by atoms with Crippen LogP contribution in [0.4, 0.5) is 23.2 Å². The maximum absolute atomic E-state index is 14.3. The number of alkyl halides is 3. The summed E-state index contributed by atoms with van der Waals surface area (Å²) in [7, 11) is -4.47. The van der Waals surface area contributed by atoms with E-state index in [1.807, 2.05) is 0 Å². The standard InChI is InChI=1S/C25H20ClF4NO4S/c1-15(24-20(26)6-3-7-21(24)27)10-16-8-9-23-22(11-16)31(13-18(14-32)35-23)36(33,34)19-5-2-4-17(12-19)25(28,29)30/h2-12,18,32H,13-14H2,1H3/b15-10+/t18-/m1/s1. The first-order valence-electron chi connectivity index (χ1n) is 10.7. The van der Waals surface area contributed by atoms with E-state index in [2.05, 4.69) is 0 Å². The number of benzene rings is 3. The molecule has 5 nitrogen and oxygen atoms in total. The fraction of sp³-hybridized carbons (Fsp3) is 0.200. The van der Waals surface area contributed by atoms with E-state index >= 15 is 0 Å². The molecule has 0 amide bonds. The number of aliphatic hydroxyl groups excluding tert-OH is 1. The minimum absolute atomic E-state index is 0.0679. The molecule has 1 heterocycles. The Morgan fingerprint density at radius 3 is 2.56 bits per heavy atom. The largest absolute Gasteiger partial charge is 0.484 e. The molecule has 3 aromatic rings. The normalized spacial score (nSPS) is 16.5. The van der Waals surface area contributed by atoms with Crippen molar-refractivity contribution < 1.29 is 35.8 Å². The number of hydrogen-bond acceptors (Lipinski definition) is 4. The third-order valence-electron chi connectivity index (χ3n) is 5.61. The molecule has 0 unspecified atom stereocenters. The number of sulfonamides is 1. The molecule has 11 heteroatoms. The summed E-state index contributed by atoms with van der Waals surface area (Å²) in [5.41, 5.74) is 0.0845. The van der Waals surface area contributed by atoms with Crippen LogP contribution in [0.25, 0.3) is 11.6 Å². The van der Waals surface area contributed by atoms with Gasteiger partial charge in [-0.05, 0) is 60.5 Å². The Hall–Kier alpha value is -3.08. The quantitative estimate of drug-likeness (QED) is 0.317. The van der Waals surface area contributed by atoms with Gasteiger partial charge < -0.3 is 9.84 Å². The molecule has 0 aliphatic carbocycles. The Kier molecular flexibility index (Phi) is 7.05. The van der Waals surface area contributed by atoms with Crippen LogP contribution < -0.4 is 9.04 Å². The fourth-order valence-electron chi connectivity index (χ4n) is 3.90. The zero-order valence-corrected chi connectivity index (χ0v) is 20.3. The van der Waals surface area contributed by atoms with Crippen LogP contribution in [0.5, 0.6) is 5.75 Å². The van der Waals surface area contributed by atoms with Crippen LogP contribution in [0.15, 0.2) is 65.6 Å². The molecule has 0 aromatic heterocycles. The van der Waals surface area contributed by atoms with Crippen molar-refractivity contribution >= 4 is 39.0 Å². The van der Waals surface area contributed by atoms with Crippen LogP contribution in [0, 0.1) is 5.82 Å². The van der Waals surface area contributed by atoms with E-state index in [1.54, 1.807) is 19.1 Å². The Morgan fingerprint density at radius 2 is 1.89 bits per heavy atom. The van der Waals surface area contributed by atoms with Gasteiger partial charge in [0.25, 0.3) is 10.0 Å². The van der Waals surface area contributed by atoms with Crippen molar-refractivity contribution in [3.63, 3.8) is 0 Å². The highest BCUT2D eigenvalue weighted by Gasteiger charge is 2.37. The molecule has 1 atom stereocenters. The van der Waals surface area contributed by atoms with Crippen molar-refractivity contribution in [1.29, 1.82) is 0 Å². The number of halogens is 5. The van der Waals surface area contributed by atoms with Gasteiger partial charge in [-0.2, -0.15) is 13.2 Å². The van der Waals surface area contributed by atoms with Crippen LogP contribution in [0.2, 0.25) is 5.02 Å². The van der Waals surface area contributed by atoms with Gasteiger partial charge in [0.2, 0.25) is 0 Å². The number of nitrogens with zero attached hydrogens (tertiary/aromatic N) is 1. The molecular weight excluding hydrogens is 522 g/mol. The second-order valence-corrected chi connectivity index (χ2v) is 10.4. The van der Waals surface area contributed by atoms with Gasteiger partial charge in [-0.15, -0.1) is 0 Å². The van der Waals surface area contributed by atoms with Crippen molar-refractivity contribution in [1.82, 2.24) is 0 Å². The fourth-order valence-corrected chi connectivity index (χ4v) is 5.76. The van der Waals surface area contributed by atoms with Crippen molar-refractivity contribution in [2.75, 3.05) is 17.5 Å². The maximum Gasteiger partial charge on any atom is 0.416 e. The molecule has 36 heavy (non-hydrogen) atoms. The first kappa shape index (κ1) is 26.0. The van der Waals surface area contributed by atoms with E-state index < -0.39 is 45.2 Å². The van der Waals surface area contributed by atoms with Gasteiger partial charge in [-0.25, -0.2) is 12.8 Å². The molecule has 0 bridgehead atoms. The highest BCUT2D eigenvalue weighted by Crippen LogP contribution is 2.40. The summed E-state index contributed by atoms with van der Waals surface area (Å²) in [6.45, 7) is 0.799. The van der Waals surface area contributed by atoms with Gasteiger partial charge in [0.15, 0.2) is 0 Å². The summed E-state index contributed by atoms with van der Waals surface area (Å²) in [4.78, 5) is -0.558. The van der Waals surface area contributed by atoms with Gasteiger partial charge in [0.05, 0.1) is 34.3 Å². The zero-order chi connectivity index (χ0) is 26.3. The minimum atomic E-state index is -4.73. The third-order valence-corrected chi connectivity index (χ3v) is 7.70. The number of rotatable bonds is 5. The van der Waals surface area contributed by atoms with Crippen LogP contribution in [0.1, 0.15) is 23.6 Å². The number of allylic oxidation sites excluding steroid dienone is 1. The van der Waals surface area contributed by atoms with E-state index in [-0.39, 0.29) is 28.6 Å². The van der Waals surface area contributed by atoms with Crippen molar-refractivity contribution in [3.8, 4) is 5.75 Å². The predicted molar refractivity (Wildman–Crippen MR) is 129 cm³/mol. The Morgan fingerprint density at radius 1 is 1.17 bits per heavy atom. The van der Waals surface area contributed by atoms with Gasteiger partial charge in [-0.3, -0.25) is 4.31 Å². The summed E-state index contributed by atoms with van der Waals surface area (Å²) in [5.74, 6) is -0.411. The molecule has 0 saturated heterocycles. The van der Waals surface area contributed by atoms with E-state index in [4.69, 9.17) is 16.3 Å². The zero-order valence-electron chi connectivity index (χ0n) is 18.8. The van der Waals surface area contributed by atoms with Crippen molar-refractivity contribution in [3.05, 3.63) is 88.2 Å². The average Bonchev–Trinajstić information content (AvgIpc) is 2.82. The van der Waals surface area contributed by atoms with E-state index in [0.717, 1.165) is 22.5 Å². The lowest BCUT2D eigenvalue weighted by molar-refractivity contribution is -0.137. The number of ether oxygens (including phenoxy) is 1. The smallest absolute Gasteiger partial charge is 0.416 e. The molecule has 1 aliphatic heterocycles. The molecule has 1 N–H and O–H groups in total. The van der Waals surface area contributed by atoms with Gasteiger partial charge in [0.1, 0.15) is 17.7 Å². The summed E-state index contributed by atoms with van der Waals surface area (Å²) in [6.07, 6.45) is -4.07. The lowest BCUT2D eigenvalue weighted by Crippen LogP contribution is -2.45. The summed E-state index contributed by atoms with van der Waals surface area (Å²) in [5, 5.41) is 9.82. The first-order valence-corrected chi connectivity index (χ1v) is 12.5. The van der Waals surface area contributed by atoms with Gasteiger partial charge in [0, 0.05) is 5.56 Å². The Balaban J connectivity index is 1.80. The SMILES string of the molecule is C/C(=C\c1ccc2c(c1)N(S(=O)(=O)c1cccc(C(F)(F)F)c1)C[C@H](CO)O2)c1c(F)cccc1Cl. The topological polar surface area (TPSA) is 66.8 Å². The molecular formula is C25H20ClF4NO4S. The second kappa shape index (κ2) is 9.76. The van der Waals surface area contributed by atoms with E-state index in [0.29, 0.717) is 17.2 Å². The second-order valence-electron chi connectivity index (χ2n) is 8.14. The average molecular weight is 542 g/mol. The molecule has 0 fully saturated rings. The van der Waals surface area contributed by atoms with Crippen molar-refractivity contribution in [2.45, 2.75) is 24.1 Å². The summed E-state index contributed by atoms with van der Waals surface area (Å²) in [6, 6.07) is 12.2. The Labute approximate surface area is 210 Å². The molecule has 0 radical (unpaired) electrons. The molecule has 0 spiro atoms. The number of hydrogen-bond donors (Lipinski definition) is 1. The summed E-state index contributed by atoms with van der Waals surface area (Å²) < 4.78 is 87.5. The van der Waals surface area contributed by atoms with Crippen LogP contribution in [-0.4, -0.2) is 32.8 Å². The Bertz CT molecular complexity index is 1420. The maximum atomic E-state index is 14.3. The lowest BCUT2D eigenvalue weighted by Gasteiger charge is -2.35. The number of fused-ring (bicyclic) bond motifs is 1. The highest BCUT2D eigenvalue weighted by molar-refractivity contribution is 7.92. The monoisotopic (exact) mass is 541 g/mol. The number of anilines is 1. The lowest BCUT2D eigenvalue weighted by atomic mass is 10.0.